The number of nitrogen functional groups attached to an aromatic ring is 1. The van der Waals surface area contributed by atoms with E-state index in [1.54, 1.807) is 23.4 Å². The number of carbonyl (C=O) groups excluding carboxylic acids is 1. The summed E-state index contributed by atoms with van der Waals surface area (Å²) < 4.78 is 26.7. The van der Waals surface area contributed by atoms with Gasteiger partial charge in [-0.25, -0.2) is 4.79 Å². The molecule has 0 unspecified atom stereocenters. The minimum absolute atomic E-state index is 0.311. The highest BCUT2D eigenvalue weighted by molar-refractivity contribution is 8.25. The number of hydrogen-bond donors (Lipinski definition) is 3. The Balaban J connectivity index is 2.49. The average Bonchev–Trinajstić information content (AvgIpc) is 2.41. The molecule has 0 aliphatic carbocycles. The van der Waals surface area contributed by atoms with Crippen LogP contribution in [-0.2, 0) is 4.74 Å². The first kappa shape index (κ1) is 15.0. The molecule has 1 aliphatic heterocycles. The minimum Gasteiger partial charge on any atom is -0.465 e. The monoisotopic (exact) mass is 300 g/mol. The van der Waals surface area contributed by atoms with Crippen LogP contribution >= 0.6 is 10.8 Å². The van der Waals surface area contributed by atoms with Gasteiger partial charge in [0.2, 0.25) is 0 Å². The lowest BCUT2D eigenvalue weighted by Crippen LogP contribution is -2.35. The first-order chi connectivity index (χ1) is 9.36. The summed E-state index contributed by atoms with van der Waals surface area (Å²) in [7, 11) is -1.54. The van der Waals surface area contributed by atoms with Crippen LogP contribution in [0.25, 0.3) is 0 Å². The largest absolute Gasteiger partial charge is 0.465 e. The molecule has 1 aromatic carbocycles. The molecule has 0 saturated carbocycles. The molecule has 1 aliphatic rings. The van der Waals surface area contributed by atoms with E-state index in [-0.39, 0.29) is 0 Å². The van der Waals surface area contributed by atoms with Gasteiger partial charge in [0.05, 0.1) is 24.1 Å². The topological polar surface area (TPSA) is 96.0 Å². The molecule has 4 N–H and O–H groups in total. The molecule has 1 heterocycles. The molecule has 0 atom stereocenters. The van der Waals surface area contributed by atoms with Gasteiger partial charge >= 0.3 is 5.97 Å². The molecule has 0 spiro atoms. The van der Waals surface area contributed by atoms with E-state index in [2.05, 4.69) is 0 Å². The van der Waals surface area contributed by atoms with Crippen LogP contribution in [0.5, 0.6) is 0 Å². The third kappa shape index (κ3) is 2.70. The maximum atomic E-state index is 11.7. The van der Waals surface area contributed by atoms with Crippen LogP contribution in [0, 0.1) is 6.92 Å². The maximum Gasteiger partial charge on any atom is 0.337 e. The lowest BCUT2D eigenvalue weighted by Gasteiger charge is -2.48. The van der Waals surface area contributed by atoms with Crippen LogP contribution in [-0.4, -0.2) is 34.5 Å². The van der Waals surface area contributed by atoms with Gasteiger partial charge in [0.25, 0.3) is 0 Å². The molecule has 1 saturated heterocycles. The Labute approximate surface area is 120 Å². The van der Waals surface area contributed by atoms with Gasteiger partial charge in [0, 0.05) is 12.2 Å². The van der Waals surface area contributed by atoms with Crippen LogP contribution in [0.1, 0.15) is 28.8 Å². The standard InChI is InChI=1S/C13H20N2O4S/c1-9-11(14)7-10(13(16)19-2)8-12(9)15-5-3-4-6-20(15,17)18/h7-8,17-18H,3-6,14H2,1-2H3. The highest BCUT2D eigenvalue weighted by Gasteiger charge is 2.29. The van der Waals surface area contributed by atoms with Crippen molar-refractivity contribution in [3.8, 4) is 0 Å². The summed E-state index contributed by atoms with van der Waals surface area (Å²) >= 11 is 0. The number of methoxy groups -OCH3 is 1. The second kappa shape index (κ2) is 5.51. The quantitative estimate of drug-likeness (QED) is 0.574. The van der Waals surface area contributed by atoms with Gasteiger partial charge in [0.15, 0.2) is 0 Å². The van der Waals surface area contributed by atoms with Crippen molar-refractivity contribution in [1.29, 1.82) is 0 Å². The first-order valence-corrected chi connectivity index (χ1v) is 8.06. The number of esters is 1. The van der Waals surface area contributed by atoms with E-state index in [1.807, 2.05) is 0 Å². The zero-order valence-electron chi connectivity index (χ0n) is 11.6. The van der Waals surface area contributed by atoms with E-state index >= 15 is 0 Å². The lowest BCUT2D eigenvalue weighted by molar-refractivity contribution is 0.0601. The van der Waals surface area contributed by atoms with Gasteiger partial charge in [0.1, 0.15) is 0 Å². The molecule has 0 aromatic heterocycles. The fraction of sp³-hybridized carbons (Fsp3) is 0.462. The Morgan fingerprint density at radius 1 is 1.40 bits per heavy atom. The van der Waals surface area contributed by atoms with Crippen LogP contribution in [0.3, 0.4) is 0 Å². The van der Waals surface area contributed by atoms with E-state index in [4.69, 9.17) is 10.5 Å². The smallest absolute Gasteiger partial charge is 0.337 e. The first-order valence-electron chi connectivity index (χ1n) is 6.39. The van der Waals surface area contributed by atoms with Crippen LogP contribution < -0.4 is 10.0 Å². The number of rotatable bonds is 2. The number of nitrogens with zero attached hydrogens (tertiary/aromatic N) is 1. The van der Waals surface area contributed by atoms with Crippen molar-refractivity contribution >= 4 is 28.1 Å². The second-order valence-corrected chi connectivity index (χ2v) is 6.96. The Morgan fingerprint density at radius 3 is 2.70 bits per heavy atom. The van der Waals surface area contributed by atoms with Crippen LogP contribution in [0.15, 0.2) is 12.1 Å². The number of hydrogen-bond acceptors (Lipinski definition) is 6. The molecule has 2 rings (SSSR count). The molecule has 0 radical (unpaired) electrons. The molecule has 0 amide bonds. The number of anilines is 2. The predicted molar refractivity (Wildman–Crippen MR) is 81.2 cm³/mol. The van der Waals surface area contributed by atoms with E-state index in [9.17, 15) is 13.9 Å². The number of benzene rings is 1. The lowest BCUT2D eigenvalue weighted by atomic mass is 10.1. The number of ether oxygens (including phenoxy) is 1. The van der Waals surface area contributed by atoms with Crippen LogP contribution in [0.4, 0.5) is 11.4 Å². The van der Waals surface area contributed by atoms with Crippen molar-refractivity contribution < 1.29 is 18.6 Å². The molecule has 112 valence electrons. The molecular weight excluding hydrogens is 280 g/mol. The summed E-state index contributed by atoms with van der Waals surface area (Å²) in [6.07, 6.45) is 1.65. The summed E-state index contributed by atoms with van der Waals surface area (Å²) in [5, 5.41) is 0. The second-order valence-electron chi connectivity index (χ2n) is 4.85. The number of nitrogens with two attached hydrogens (primary N) is 1. The van der Waals surface area contributed by atoms with Crippen molar-refractivity contribution in [2.24, 2.45) is 0 Å². The van der Waals surface area contributed by atoms with E-state index in [0.717, 1.165) is 18.4 Å². The van der Waals surface area contributed by atoms with E-state index in [1.165, 1.54) is 7.11 Å². The average molecular weight is 300 g/mol. The zero-order valence-corrected chi connectivity index (χ0v) is 12.4. The van der Waals surface area contributed by atoms with Crippen molar-refractivity contribution in [2.75, 3.05) is 29.4 Å². The normalized spacial score (nSPS) is 19.5. The van der Waals surface area contributed by atoms with Crippen molar-refractivity contribution in [2.45, 2.75) is 19.8 Å². The van der Waals surface area contributed by atoms with Gasteiger partial charge in [-0.3, -0.25) is 13.4 Å². The fourth-order valence-corrected chi connectivity index (χ4v) is 4.04. The van der Waals surface area contributed by atoms with Crippen molar-refractivity contribution in [3.63, 3.8) is 0 Å². The van der Waals surface area contributed by atoms with Crippen molar-refractivity contribution in [1.82, 2.24) is 0 Å². The van der Waals surface area contributed by atoms with Crippen LogP contribution in [0.2, 0.25) is 0 Å². The SMILES string of the molecule is COC(=O)c1cc(N)c(C)c(N2CCCCS2(O)O)c1. The fourth-order valence-electron chi connectivity index (χ4n) is 2.30. The highest BCUT2D eigenvalue weighted by Crippen LogP contribution is 2.51. The van der Waals surface area contributed by atoms with E-state index < -0.39 is 16.7 Å². The van der Waals surface area contributed by atoms with Crippen molar-refractivity contribution in [3.05, 3.63) is 23.3 Å². The molecular formula is C13H20N2O4S. The molecule has 1 aromatic rings. The third-order valence-electron chi connectivity index (χ3n) is 3.49. The number of carbonyl (C=O) groups is 1. The van der Waals surface area contributed by atoms with Gasteiger partial charge in [-0.15, -0.1) is 10.8 Å². The van der Waals surface area contributed by atoms with Gasteiger partial charge < -0.3 is 10.5 Å². The summed E-state index contributed by atoms with van der Waals surface area (Å²) in [6, 6.07) is 3.15. The highest BCUT2D eigenvalue weighted by atomic mass is 32.3. The predicted octanol–water partition coefficient (Wildman–Crippen LogP) is 2.63. The maximum absolute atomic E-state index is 11.7. The van der Waals surface area contributed by atoms with Gasteiger partial charge in [-0.1, -0.05) is 0 Å². The molecule has 1 fully saturated rings. The summed E-state index contributed by atoms with van der Waals surface area (Å²) in [6.45, 7) is 2.34. The Hall–Kier alpha value is -1.44. The Kier molecular flexibility index (Phi) is 4.12. The summed E-state index contributed by atoms with van der Waals surface area (Å²) in [5.74, 6) is -0.152. The molecule has 0 bridgehead atoms. The van der Waals surface area contributed by atoms with Gasteiger partial charge in [-0.05, 0) is 37.5 Å². The molecule has 6 nitrogen and oxygen atoms in total. The molecule has 20 heavy (non-hydrogen) atoms. The van der Waals surface area contributed by atoms with E-state index in [0.29, 0.717) is 29.2 Å². The Bertz CT molecular complexity index is 533. The zero-order chi connectivity index (χ0) is 14.9. The summed E-state index contributed by atoms with van der Waals surface area (Å²) in [4.78, 5) is 11.7. The third-order valence-corrected chi connectivity index (χ3v) is 5.41. The Morgan fingerprint density at radius 2 is 2.10 bits per heavy atom. The minimum atomic E-state index is -2.84. The molecule has 7 heteroatoms. The summed E-state index contributed by atoms with van der Waals surface area (Å²) in [5.41, 5.74) is 7.99. The van der Waals surface area contributed by atoms with Gasteiger partial charge in [-0.2, -0.15) is 0 Å².